The molecule has 1 aliphatic rings. The average Bonchev–Trinajstić information content (AvgIpc) is 3.45. The average molecular weight is 570 g/mol. The first-order chi connectivity index (χ1) is 17.5. The van der Waals surface area contributed by atoms with E-state index in [-0.39, 0.29) is 27.1 Å². The fraction of sp³-hybridized carbons (Fsp3) is 0.227. The highest BCUT2D eigenvalue weighted by molar-refractivity contribution is 8.00. The van der Waals surface area contributed by atoms with Gasteiger partial charge in [-0.15, -0.1) is 0 Å². The lowest BCUT2D eigenvalue weighted by Gasteiger charge is -2.38. The summed E-state index contributed by atoms with van der Waals surface area (Å²) >= 11 is 14.2. The third kappa shape index (κ3) is 4.74. The smallest absolute Gasteiger partial charge is 0.345 e. The third-order valence-corrected chi connectivity index (χ3v) is 7.86. The van der Waals surface area contributed by atoms with Crippen molar-refractivity contribution in [1.29, 1.82) is 0 Å². The van der Waals surface area contributed by atoms with E-state index in [0.29, 0.717) is 33.2 Å². The van der Waals surface area contributed by atoms with Gasteiger partial charge in [0.15, 0.2) is 11.5 Å². The summed E-state index contributed by atoms with van der Waals surface area (Å²) in [6, 6.07) is 4.91. The number of hydrogen-bond acceptors (Lipinski definition) is 6. The number of fused-ring (bicyclic) bond motifs is 1. The van der Waals surface area contributed by atoms with Gasteiger partial charge in [0.05, 0.1) is 38.5 Å². The maximum atomic E-state index is 13.5. The molecule has 4 heterocycles. The number of amides is 2. The van der Waals surface area contributed by atoms with Crippen LogP contribution < -0.4 is 10.6 Å². The van der Waals surface area contributed by atoms with Crippen LogP contribution >= 0.6 is 35.0 Å². The van der Waals surface area contributed by atoms with Crippen molar-refractivity contribution in [2.75, 3.05) is 16.8 Å². The number of alkyl halides is 3. The minimum atomic E-state index is -4.85. The standard InChI is InChI=1S/C22H16Cl2F3N7O2S/c1-21(8-37-9-21)31-20(36)15-16-10(7-29-32-16)5-12(24)17(15)30-19(35)13-6-14(22(25,26)27)33-34(13)18-11(23)3-2-4-28-18/h2-7H,8-9H2,1H3,(H,29,32)(H,30,35)(H,31,36). The van der Waals surface area contributed by atoms with Gasteiger partial charge in [-0.2, -0.15) is 35.1 Å². The summed E-state index contributed by atoms with van der Waals surface area (Å²) in [6.07, 6.45) is -2.10. The lowest BCUT2D eigenvalue weighted by atomic mass is 10.0. The predicted octanol–water partition coefficient (Wildman–Crippen LogP) is 4.96. The molecule has 2 amide bonds. The summed E-state index contributed by atoms with van der Waals surface area (Å²) in [5.74, 6) is -0.361. The van der Waals surface area contributed by atoms with Gasteiger partial charge in [0.25, 0.3) is 11.8 Å². The van der Waals surface area contributed by atoms with Crippen LogP contribution in [0.4, 0.5) is 18.9 Å². The maximum absolute atomic E-state index is 13.5. The van der Waals surface area contributed by atoms with Gasteiger partial charge in [-0.1, -0.05) is 23.2 Å². The molecular formula is C22H16Cl2F3N7O2S. The zero-order valence-electron chi connectivity index (χ0n) is 18.8. The number of hydrogen-bond donors (Lipinski definition) is 3. The normalized spacial score (nSPS) is 14.9. The van der Waals surface area contributed by atoms with E-state index in [0.717, 1.165) is 0 Å². The van der Waals surface area contributed by atoms with Crippen LogP contribution in [-0.2, 0) is 6.18 Å². The van der Waals surface area contributed by atoms with E-state index in [1.54, 1.807) is 11.8 Å². The van der Waals surface area contributed by atoms with E-state index in [4.69, 9.17) is 23.2 Å². The van der Waals surface area contributed by atoms with Gasteiger partial charge in [-0.3, -0.25) is 14.7 Å². The number of nitrogens with zero attached hydrogens (tertiary/aromatic N) is 4. The Kier molecular flexibility index (Phi) is 6.32. The monoisotopic (exact) mass is 569 g/mol. The number of rotatable bonds is 5. The molecule has 1 fully saturated rings. The van der Waals surface area contributed by atoms with Crippen molar-refractivity contribution in [3.8, 4) is 5.82 Å². The second kappa shape index (κ2) is 9.23. The first-order valence-corrected chi connectivity index (χ1v) is 12.5. The molecule has 0 saturated carbocycles. The minimum absolute atomic E-state index is 0.00977. The lowest BCUT2D eigenvalue weighted by Crippen LogP contribution is -2.55. The molecular weight excluding hydrogens is 554 g/mol. The molecule has 1 aromatic carbocycles. The number of benzene rings is 1. The number of aromatic amines is 1. The summed E-state index contributed by atoms with van der Waals surface area (Å²) in [5.41, 5.74) is -2.14. The quantitative estimate of drug-likeness (QED) is 0.313. The number of thioether (sulfide) groups is 1. The molecule has 5 rings (SSSR count). The second-order valence-corrected chi connectivity index (χ2v) is 10.3. The van der Waals surface area contributed by atoms with Crippen LogP contribution in [0.15, 0.2) is 36.7 Å². The molecule has 0 spiro atoms. The number of anilines is 1. The number of H-pyrrole nitrogens is 1. The molecule has 3 N–H and O–H groups in total. The molecule has 0 aliphatic carbocycles. The van der Waals surface area contributed by atoms with Crippen LogP contribution in [0.1, 0.15) is 33.5 Å². The molecule has 0 atom stereocenters. The number of pyridine rings is 1. The number of carbonyl (C=O) groups excluding carboxylic acids is 2. The van der Waals surface area contributed by atoms with Crippen LogP contribution in [0.5, 0.6) is 0 Å². The van der Waals surface area contributed by atoms with E-state index in [1.807, 2.05) is 6.92 Å². The van der Waals surface area contributed by atoms with E-state index in [2.05, 4.69) is 30.9 Å². The maximum Gasteiger partial charge on any atom is 0.435 e. The zero-order chi connectivity index (χ0) is 26.5. The predicted molar refractivity (Wildman–Crippen MR) is 134 cm³/mol. The van der Waals surface area contributed by atoms with Crippen molar-refractivity contribution < 1.29 is 22.8 Å². The Balaban J connectivity index is 1.60. The molecule has 37 heavy (non-hydrogen) atoms. The van der Waals surface area contributed by atoms with Gasteiger partial charge in [-0.05, 0) is 25.1 Å². The van der Waals surface area contributed by atoms with Crippen LogP contribution in [0, 0.1) is 0 Å². The number of carbonyl (C=O) groups is 2. The number of aromatic nitrogens is 5. The molecule has 4 aromatic rings. The van der Waals surface area contributed by atoms with E-state index < -0.39 is 34.9 Å². The largest absolute Gasteiger partial charge is 0.435 e. The van der Waals surface area contributed by atoms with E-state index in [1.165, 1.54) is 30.6 Å². The van der Waals surface area contributed by atoms with Crippen molar-refractivity contribution in [3.05, 3.63) is 63.7 Å². The van der Waals surface area contributed by atoms with Crippen molar-refractivity contribution >= 4 is 63.4 Å². The minimum Gasteiger partial charge on any atom is -0.345 e. The van der Waals surface area contributed by atoms with Gasteiger partial charge in [0, 0.05) is 29.2 Å². The van der Waals surface area contributed by atoms with Crippen LogP contribution in [0.25, 0.3) is 16.7 Å². The molecule has 9 nitrogen and oxygen atoms in total. The Morgan fingerprint density at radius 3 is 2.59 bits per heavy atom. The van der Waals surface area contributed by atoms with E-state index in [9.17, 15) is 22.8 Å². The summed E-state index contributed by atoms with van der Waals surface area (Å²) in [6.45, 7) is 1.88. The fourth-order valence-corrected chi connectivity index (χ4v) is 5.20. The third-order valence-electron chi connectivity index (χ3n) is 5.58. The van der Waals surface area contributed by atoms with Gasteiger partial charge in [0.2, 0.25) is 0 Å². The summed E-state index contributed by atoms with van der Waals surface area (Å²) in [4.78, 5) is 30.7. The lowest BCUT2D eigenvalue weighted by molar-refractivity contribution is -0.141. The van der Waals surface area contributed by atoms with E-state index >= 15 is 0 Å². The molecule has 192 valence electrons. The highest BCUT2D eigenvalue weighted by atomic mass is 35.5. The van der Waals surface area contributed by atoms with Crippen molar-refractivity contribution in [2.45, 2.75) is 18.6 Å². The number of nitrogens with one attached hydrogen (secondary N) is 3. The Morgan fingerprint density at radius 1 is 1.19 bits per heavy atom. The first kappa shape index (κ1) is 25.4. The van der Waals surface area contributed by atoms with Crippen molar-refractivity contribution in [3.63, 3.8) is 0 Å². The molecule has 3 aromatic heterocycles. The highest BCUT2D eigenvalue weighted by Crippen LogP contribution is 2.36. The Morgan fingerprint density at radius 2 is 1.95 bits per heavy atom. The Hall–Kier alpha value is -3.29. The summed E-state index contributed by atoms with van der Waals surface area (Å²) in [5, 5.41) is 16.1. The molecule has 0 radical (unpaired) electrons. The molecule has 1 aliphatic heterocycles. The summed E-state index contributed by atoms with van der Waals surface area (Å²) < 4.78 is 41.2. The highest BCUT2D eigenvalue weighted by Gasteiger charge is 2.38. The van der Waals surface area contributed by atoms with Gasteiger partial charge in [-0.25, -0.2) is 9.67 Å². The molecule has 0 bridgehead atoms. The molecule has 1 saturated heterocycles. The summed E-state index contributed by atoms with van der Waals surface area (Å²) in [7, 11) is 0. The first-order valence-electron chi connectivity index (χ1n) is 10.6. The van der Waals surface area contributed by atoms with Gasteiger partial charge in [0.1, 0.15) is 5.69 Å². The fourth-order valence-electron chi connectivity index (χ4n) is 3.78. The van der Waals surface area contributed by atoms with Crippen LogP contribution in [-0.4, -0.2) is 53.8 Å². The number of halogens is 5. The van der Waals surface area contributed by atoms with Crippen LogP contribution in [0.3, 0.4) is 0 Å². The van der Waals surface area contributed by atoms with Crippen LogP contribution in [0.2, 0.25) is 10.0 Å². The van der Waals surface area contributed by atoms with Crippen molar-refractivity contribution in [1.82, 2.24) is 30.3 Å². The van der Waals surface area contributed by atoms with Gasteiger partial charge < -0.3 is 10.6 Å². The Labute approximate surface area is 221 Å². The van der Waals surface area contributed by atoms with Crippen molar-refractivity contribution in [2.24, 2.45) is 0 Å². The molecule has 0 unspecified atom stereocenters. The second-order valence-electron chi connectivity index (χ2n) is 8.54. The Bertz CT molecular complexity index is 1550. The SMILES string of the molecule is CC1(NC(=O)c2c(NC(=O)c3cc(C(F)(F)F)nn3-c3ncccc3Cl)c(Cl)cc3cn[nH]c23)CSC1. The topological polar surface area (TPSA) is 118 Å². The van der Waals surface area contributed by atoms with Gasteiger partial charge >= 0.3 is 6.18 Å². The molecule has 15 heteroatoms. The zero-order valence-corrected chi connectivity index (χ0v) is 21.1.